The molecule has 1 aromatic rings. The van der Waals surface area contributed by atoms with Gasteiger partial charge >= 0.3 is 5.97 Å². The standard InChI is InChI=1S/C11H15N3O4/c1-6-3-8(13(2)12-6)10(16)14-5-7(15)4-9(14)11(17)18/h3,7,9,15H,4-5H2,1-2H3,(H,17,18)/t7-,9-/m1/s1. The zero-order valence-electron chi connectivity index (χ0n) is 10.2. The van der Waals surface area contributed by atoms with Gasteiger partial charge in [0.2, 0.25) is 0 Å². The highest BCUT2D eigenvalue weighted by Gasteiger charge is 2.40. The summed E-state index contributed by atoms with van der Waals surface area (Å²) in [5, 5.41) is 22.6. The Morgan fingerprint density at radius 2 is 2.17 bits per heavy atom. The van der Waals surface area contributed by atoms with Gasteiger partial charge in [0.15, 0.2) is 0 Å². The second-order valence-electron chi connectivity index (χ2n) is 4.50. The van der Waals surface area contributed by atoms with E-state index in [0.29, 0.717) is 11.4 Å². The van der Waals surface area contributed by atoms with Crippen LogP contribution in [0.3, 0.4) is 0 Å². The van der Waals surface area contributed by atoms with Gasteiger partial charge in [-0.05, 0) is 13.0 Å². The van der Waals surface area contributed by atoms with E-state index < -0.39 is 24.0 Å². The van der Waals surface area contributed by atoms with Gasteiger partial charge in [-0.1, -0.05) is 0 Å². The Labute approximate surface area is 104 Å². The fourth-order valence-electron chi connectivity index (χ4n) is 2.23. The highest BCUT2D eigenvalue weighted by molar-refractivity contribution is 5.95. The van der Waals surface area contributed by atoms with Crippen molar-refractivity contribution >= 4 is 11.9 Å². The number of aliphatic hydroxyl groups excluding tert-OH is 1. The molecule has 0 radical (unpaired) electrons. The van der Waals surface area contributed by atoms with Crippen LogP contribution in [-0.2, 0) is 11.8 Å². The topological polar surface area (TPSA) is 95.7 Å². The van der Waals surface area contributed by atoms with Gasteiger partial charge in [-0.15, -0.1) is 0 Å². The second-order valence-corrected chi connectivity index (χ2v) is 4.50. The maximum Gasteiger partial charge on any atom is 0.326 e. The van der Waals surface area contributed by atoms with Gasteiger partial charge in [0.1, 0.15) is 11.7 Å². The fourth-order valence-corrected chi connectivity index (χ4v) is 2.23. The normalized spacial score (nSPS) is 23.4. The van der Waals surface area contributed by atoms with Gasteiger partial charge in [-0.2, -0.15) is 5.10 Å². The van der Waals surface area contributed by atoms with Gasteiger partial charge in [0.05, 0.1) is 11.8 Å². The minimum absolute atomic E-state index is 0.0417. The van der Waals surface area contributed by atoms with E-state index in [9.17, 15) is 14.7 Å². The van der Waals surface area contributed by atoms with Gasteiger partial charge in [0, 0.05) is 20.0 Å². The quantitative estimate of drug-likeness (QED) is 0.733. The molecular weight excluding hydrogens is 238 g/mol. The molecule has 0 spiro atoms. The third-order valence-corrected chi connectivity index (χ3v) is 3.05. The molecule has 0 unspecified atom stereocenters. The van der Waals surface area contributed by atoms with E-state index in [1.165, 1.54) is 9.58 Å². The van der Waals surface area contributed by atoms with Crippen molar-refractivity contribution in [3.8, 4) is 0 Å². The summed E-state index contributed by atoms with van der Waals surface area (Å²) in [6, 6.07) is 0.633. The Morgan fingerprint density at radius 3 is 2.67 bits per heavy atom. The summed E-state index contributed by atoms with van der Waals surface area (Å²) in [6.07, 6.45) is -0.720. The highest BCUT2D eigenvalue weighted by atomic mass is 16.4. The van der Waals surface area contributed by atoms with E-state index in [1.54, 1.807) is 20.0 Å². The van der Waals surface area contributed by atoms with Crippen molar-refractivity contribution in [3.05, 3.63) is 17.5 Å². The zero-order chi connectivity index (χ0) is 13.4. The van der Waals surface area contributed by atoms with E-state index >= 15 is 0 Å². The molecule has 0 saturated carbocycles. The number of aromatic nitrogens is 2. The van der Waals surface area contributed by atoms with E-state index in [0.717, 1.165) is 0 Å². The van der Waals surface area contributed by atoms with Crippen molar-refractivity contribution < 1.29 is 19.8 Å². The van der Waals surface area contributed by atoms with Crippen LogP contribution in [-0.4, -0.2) is 55.5 Å². The Bertz CT molecular complexity index is 496. The number of aliphatic carboxylic acids is 1. The lowest BCUT2D eigenvalue weighted by molar-refractivity contribution is -0.141. The number of carboxylic acids is 1. The number of β-amino-alcohol motifs (C(OH)–C–C–N with tert-alkyl or cyclic N) is 1. The monoisotopic (exact) mass is 253 g/mol. The number of aryl methyl sites for hydroxylation is 2. The molecule has 2 atom stereocenters. The molecule has 7 nitrogen and oxygen atoms in total. The van der Waals surface area contributed by atoms with Crippen LogP contribution in [0.2, 0.25) is 0 Å². The van der Waals surface area contributed by atoms with Crippen LogP contribution in [0.5, 0.6) is 0 Å². The molecule has 2 heterocycles. The summed E-state index contributed by atoms with van der Waals surface area (Å²) in [5.74, 6) is -1.51. The smallest absolute Gasteiger partial charge is 0.326 e. The molecule has 2 rings (SSSR count). The van der Waals surface area contributed by atoms with Crippen molar-refractivity contribution in [3.63, 3.8) is 0 Å². The molecular formula is C11H15N3O4. The molecule has 1 saturated heterocycles. The predicted molar refractivity (Wildman–Crippen MR) is 61.0 cm³/mol. The maximum absolute atomic E-state index is 12.2. The van der Waals surface area contributed by atoms with Crippen molar-refractivity contribution in [1.82, 2.24) is 14.7 Å². The molecule has 98 valence electrons. The lowest BCUT2D eigenvalue weighted by Gasteiger charge is -2.20. The maximum atomic E-state index is 12.2. The molecule has 1 amide bonds. The Hall–Kier alpha value is -1.89. The number of amides is 1. The van der Waals surface area contributed by atoms with Crippen molar-refractivity contribution in [2.45, 2.75) is 25.5 Å². The summed E-state index contributed by atoms with van der Waals surface area (Å²) < 4.78 is 1.42. The predicted octanol–water partition coefficient (Wildman–Crippen LogP) is -0.611. The van der Waals surface area contributed by atoms with Crippen LogP contribution in [0.25, 0.3) is 0 Å². The second kappa shape index (κ2) is 4.41. The summed E-state index contributed by atoms with van der Waals surface area (Å²) >= 11 is 0. The average molecular weight is 253 g/mol. The van der Waals surface area contributed by atoms with E-state index in [4.69, 9.17) is 5.11 Å². The number of rotatable bonds is 2. The van der Waals surface area contributed by atoms with Gasteiger partial charge in [0.25, 0.3) is 5.91 Å². The lowest BCUT2D eigenvalue weighted by Crippen LogP contribution is -2.41. The number of likely N-dealkylation sites (tertiary alicyclic amines) is 1. The van der Waals surface area contributed by atoms with E-state index in [-0.39, 0.29) is 13.0 Å². The van der Waals surface area contributed by atoms with E-state index in [1.807, 2.05) is 0 Å². The molecule has 1 aliphatic rings. The largest absolute Gasteiger partial charge is 0.480 e. The molecule has 1 aromatic heterocycles. The molecule has 0 aromatic carbocycles. The van der Waals surface area contributed by atoms with E-state index in [2.05, 4.69) is 5.10 Å². The minimum atomic E-state index is -1.10. The van der Waals surface area contributed by atoms with Crippen LogP contribution in [0.1, 0.15) is 22.6 Å². The first-order valence-corrected chi connectivity index (χ1v) is 5.62. The van der Waals surface area contributed by atoms with Gasteiger partial charge < -0.3 is 15.1 Å². The number of hydrogen-bond donors (Lipinski definition) is 2. The zero-order valence-corrected chi connectivity index (χ0v) is 10.2. The Balaban J connectivity index is 2.28. The van der Waals surface area contributed by atoms with Crippen molar-refractivity contribution in [2.24, 2.45) is 7.05 Å². The first kappa shape index (κ1) is 12.6. The number of aliphatic hydroxyl groups is 1. The van der Waals surface area contributed by atoms with Gasteiger partial charge in [-0.3, -0.25) is 9.48 Å². The highest BCUT2D eigenvalue weighted by Crippen LogP contribution is 2.21. The average Bonchev–Trinajstić information content (AvgIpc) is 2.81. The van der Waals surface area contributed by atoms with Crippen molar-refractivity contribution in [1.29, 1.82) is 0 Å². The van der Waals surface area contributed by atoms with Crippen molar-refractivity contribution in [2.75, 3.05) is 6.54 Å². The summed E-state index contributed by atoms with van der Waals surface area (Å²) in [5.41, 5.74) is 1.01. The molecule has 1 fully saturated rings. The van der Waals surface area contributed by atoms with Crippen LogP contribution in [0.4, 0.5) is 0 Å². The Morgan fingerprint density at radius 1 is 1.50 bits per heavy atom. The first-order chi connectivity index (χ1) is 8.40. The van der Waals surface area contributed by atoms with Crippen LogP contribution >= 0.6 is 0 Å². The summed E-state index contributed by atoms with van der Waals surface area (Å²) in [7, 11) is 1.63. The number of carboxylic acid groups (broad SMARTS) is 1. The van der Waals surface area contributed by atoms with Gasteiger partial charge in [-0.25, -0.2) is 4.79 Å². The molecule has 7 heteroatoms. The fraction of sp³-hybridized carbons (Fsp3) is 0.545. The molecule has 1 aliphatic heterocycles. The Kier molecular flexibility index (Phi) is 3.08. The molecule has 18 heavy (non-hydrogen) atoms. The van der Waals surface area contributed by atoms with Crippen LogP contribution in [0, 0.1) is 6.92 Å². The SMILES string of the molecule is Cc1cc(C(=O)N2C[C@H](O)C[C@@H]2C(=O)O)n(C)n1. The first-order valence-electron chi connectivity index (χ1n) is 5.62. The van der Waals surface area contributed by atoms with Crippen LogP contribution < -0.4 is 0 Å². The number of nitrogens with zero attached hydrogens (tertiary/aromatic N) is 3. The number of carbonyl (C=O) groups is 2. The number of hydrogen-bond acceptors (Lipinski definition) is 4. The summed E-state index contributed by atoms with van der Waals surface area (Å²) in [4.78, 5) is 24.5. The molecule has 0 bridgehead atoms. The number of carbonyl (C=O) groups excluding carboxylic acids is 1. The molecule has 0 aliphatic carbocycles. The summed E-state index contributed by atoms with van der Waals surface area (Å²) in [6.45, 7) is 1.80. The minimum Gasteiger partial charge on any atom is -0.480 e. The lowest BCUT2D eigenvalue weighted by atomic mass is 10.2. The third kappa shape index (κ3) is 2.08. The molecule has 2 N–H and O–H groups in total. The van der Waals surface area contributed by atoms with Crippen LogP contribution in [0.15, 0.2) is 6.07 Å². The third-order valence-electron chi connectivity index (χ3n) is 3.05.